The van der Waals surface area contributed by atoms with Gasteiger partial charge < -0.3 is 19.4 Å². The third-order valence-electron chi connectivity index (χ3n) is 5.05. The number of hydrogen-bond donors (Lipinski definition) is 1. The Kier molecular flexibility index (Phi) is 6.34. The fourth-order valence-electron chi connectivity index (χ4n) is 3.41. The van der Waals surface area contributed by atoms with E-state index in [0.29, 0.717) is 12.4 Å². The van der Waals surface area contributed by atoms with Gasteiger partial charge >= 0.3 is 5.69 Å². The highest BCUT2D eigenvalue weighted by atomic mass is 19.1. The summed E-state index contributed by atoms with van der Waals surface area (Å²) in [6.45, 7) is 2.76. The van der Waals surface area contributed by atoms with Gasteiger partial charge in [-0.05, 0) is 30.7 Å². The third-order valence-corrected chi connectivity index (χ3v) is 5.05. The molecule has 170 valence electrons. The second-order valence-corrected chi connectivity index (χ2v) is 7.20. The van der Waals surface area contributed by atoms with E-state index in [1.165, 1.54) is 7.11 Å². The van der Waals surface area contributed by atoms with Gasteiger partial charge in [-0.15, -0.1) is 0 Å². The van der Waals surface area contributed by atoms with Crippen LogP contribution in [0.5, 0.6) is 11.5 Å². The van der Waals surface area contributed by atoms with Crippen LogP contribution >= 0.6 is 0 Å². The summed E-state index contributed by atoms with van der Waals surface area (Å²) in [5, 5.41) is 15.0. The lowest BCUT2D eigenvalue weighted by Gasteiger charge is -2.12. The van der Waals surface area contributed by atoms with Crippen LogP contribution in [0.15, 0.2) is 54.9 Å². The number of fused-ring (bicyclic) bond motifs is 1. The molecule has 0 atom stereocenters. The fourth-order valence-corrected chi connectivity index (χ4v) is 3.41. The van der Waals surface area contributed by atoms with Crippen LogP contribution in [-0.2, 0) is 0 Å². The summed E-state index contributed by atoms with van der Waals surface area (Å²) >= 11 is 0. The zero-order valence-corrected chi connectivity index (χ0v) is 18.1. The van der Waals surface area contributed by atoms with Crippen LogP contribution in [0.4, 0.5) is 21.7 Å². The number of aromatic nitrogens is 3. The van der Waals surface area contributed by atoms with E-state index in [9.17, 15) is 14.5 Å². The molecule has 0 saturated heterocycles. The van der Waals surface area contributed by atoms with Gasteiger partial charge in [-0.3, -0.25) is 10.1 Å². The maximum Gasteiger partial charge on any atom is 0.307 e. The number of rotatable bonds is 9. The predicted molar refractivity (Wildman–Crippen MR) is 122 cm³/mol. The molecule has 0 fully saturated rings. The molecule has 0 radical (unpaired) electrons. The minimum Gasteiger partial charge on any atom is -0.494 e. The van der Waals surface area contributed by atoms with Crippen LogP contribution in [-0.4, -0.2) is 33.2 Å². The highest BCUT2D eigenvalue weighted by Gasteiger charge is 2.20. The zero-order valence-electron chi connectivity index (χ0n) is 18.1. The lowest BCUT2D eigenvalue weighted by Crippen LogP contribution is -2.04. The van der Waals surface area contributed by atoms with Crippen LogP contribution in [0.2, 0.25) is 0 Å². The van der Waals surface area contributed by atoms with Crippen LogP contribution in [0.25, 0.3) is 16.7 Å². The molecule has 0 aliphatic carbocycles. The van der Waals surface area contributed by atoms with Gasteiger partial charge in [0.2, 0.25) is 11.8 Å². The summed E-state index contributed by atoms with van der Waals surface area (Å²) in [7, 11) is 1.34. The van der Waals surface area contributed by atoms with E-state index >= 15 is 0 Å². The number of hydrogen-bond acceptors (Lipinski definition) is 7. The number of methoxy groups -OCH3 is 1. The molecule has 0 unspecified atom stereocenters. The first-order valence-corrected chi connectivity index (χ1v) is 10.4. The van der Waals surface area contributed by atoms with Crippen molar-refractivity contribution < 1.29 is 18.8 Å². The summed E-state index contributed by atoms with van der Waals surface area (Å²) in [4.78, 5) is 19.0. The van der Waals surface area contributed by atoms with Gasteiger partial charge in [-0.2, -0.15) is 9.37 Å². The highest BCUT2D eigenvalue weighted by molar-refractivity contribution is 5.87. The largest absolute Gasteiger partial charge is 0.494 e. The number of halogens is 1. The van der Waals surface area contributed by atoms with Gasteiger partial charge in [0.1, 0.15) is 17.3 Å². The Morgan fingerprint density at radius 2 is 2.06 bits per heavy atom. The van der Waals surface area contributed by atoms with Crippen molar-refractivity contribution in [1.29, 1.82) is 0 Å². The molecule has 4 aromatic rings. The Bertz CT molecular complexity index is 1310. The first-order chi connectivity index (χ1) is 16.0. The number of nitrogens with one attached hydrogen (secondary N) is 1. The van der Waals surface area contributed by atoms with Crippen molar-refractivity contribution in [3.8, 4) is 17.3 Å². The molecule has 0 saturated carbocycles. The summed E-state index contributed by atoms with van der Waals surface area (Å²) in [5.74, 6) is 0.642. The molecule has 0 bridgehead atoms. The molecule has 0 aliphatic heterocycles. The predicted octanol–water partition coefficient (Wildman–Crippen LogP) is 5.40. The maximum absolute atomic E-state index is 13.9. The summed E-state index contributed by atoms with van der Waals surface area (Å²) in [5.41, 5.74) is 0.400. The number of unbranched alkanes of at least 4 members (excludes halogenated alkanes) is 1. The average molecular weight is 451 g/mol. The van der Waals surface area contributed by atoms with Gasteiger partial charge in [-0.25, -0.2) is 4.98 Å². The summed E-state index contributed by atoms with van der Waals surface area (Å²) < 4.78 is 26.9. The van der Waals surface area contributed by atoms with Gasteiger partial charge in [0.15, 0.2) is 0 Å². The molecule has 2 heterocycles. The quantitative estimate of drug-likeness (QED) is 0.206. The van der Waals surface area contributed by atoms with Crippen LogP contribution in [0.1, 0.15) is 19.8 Å². The maximum atomic E-state index is 13.9. The van der Waals surface area contributed by atoms with E-state index in [-0.39, 0.29) is 17.4 Å². The smallest absolute Gasteiger partial charge is 0.307 e. The SMILES string of the molecule is CCCCOc1cccc2c1ccn2-c1ccnc(Nc2cc([N+](=O)[O-])c(F)cc2OC)n1. The second-order valence-electron chi connectivity index (χ2n) is 7.20. The van der Waals surface area contributed by atoms with Crippen molar-refractivity contribution in [2.75, 3.05) is 19.0 Å². The Balaban J connectivity index is 1.67. The van der Waals surface area contributed by atoms with Crippen molar-refractivity contribution in [2.24, 2.45) is 0 Å². The van der Waals surface area contributed by atoms with Gasteiger partial charge in [0, 0.05) is 29.9 Å². The topological polar surface area (TPSA) is 104 Å². The average Bonchev–Trinajstić information content (AvgIpc) is 3.25. The van der Waals surface area contributed by atoms with Crippen molar-refractivity contribution in [1.82, 2.24) is 14.5 Å². The van der Waals surface area contributed by atoms with Crippen molar-refractivity contribution in [3.63, 3.8) is 0 Å². The molecule has 2 aromatic heterocycles. The Hall–Kier alpha value is -4.21. The molecule has 1 N–H and O–H groups in total. The van der Waals surface area contributed by atoms with Gasteiger partial charge in [0.05, 0.1) is 29.8 Å². The molecule has 4 rings (SSSR count). The molecule has 0 spiro atoms. The van der Waals surface area contributed by atoms with Crippen LogP contribution < -0.4 is 14.8 Å². The monoisotopic (exact) mass is 451 g/mol. The first kappa shape index (κ1) is 22.0. The molecule has 2 aromatic carbocycles. The number of nitro benzene ring substituents is 1. The Morgan fingerprint density at radius 3 is 2.82 bits per heavy atom. The van der Waals surface area contributed by atoms with Crippen LogP contribution in [0.3, 0.4) is 0 Å². The van der Waals surface area contributed by atoms with Gasteiger partial charge in [0.25, 0.3) is 0 Å². The summed E-state index contributed by atoms with van der Waals surface area (Å²) in [6, 6.07) is 11.5. The normalized spacial score (nSPS) is 10.9. The second kappa shape index (κ2) is 9.51. The lowest BCUT2D eigenvalue weighted by atomic mass is 10.2. The lowest BCUT2D eigenvalue weighted by molar-refractivity contribution is -0.387. The standard InChI is InChI=1S/C23H22FN5O4/c1-3-4-12-33-20-7-5-6-18-15(20)9-11-28(18)22-8-10-25-23(27-22)26-17-14-19(29(30)31)16(24)13-21(17)32-2/h5-11,13-14H,3-4,12H2,1-2H3,(H,25,26,27). The fraction of sp³-hybridized carbons (Fsp3) is 0.217. The van der Waals surface area contributed by atoms with E-state index in [0.717, 1.165) is 41.6 Å². The number of anilines is 2. The van der Waals surface area contributed by atoms with Gasteiger partial charge in [-0.1, -0.05) is 19.4 Å². The molecular weight excluding hydrogens is 429 g/mol. The van der Waals surface area contributed by atoms with E-state index in [2.05, 4.69) is 22.2 Å². The van der Waals surface area contributed by atoms with Crippen molar-refractivity contribution >= 4 is 28.2 Å². The Morgan fingerprint density at radius 1 is 1.21 bits per heavy atom. The number of nitro groups is 1. The van der Waals surface area contributed by atoms with E-state index < -0.39 is 16.4 Å². The number of benzene rings is 2. The minimum absolute atomic E-state index is 0.0902. The molecule has 0 aliphatic rings. The number of ether oxygens (including phenoxy) is 2. The molecule has 33 heavy (non-hydrogen) atoms. The number of nitrogens with zero attached hydrogens (tertiary/aromatic N) is 4. The van der Waals surface area contributed by atoms with Crippen molar-refractivity contribution in [3.05, 3.63) is 70.8 Å². The van der Waals surface area contributed by atoms with E-state index in [1.54, 1.807) is 12.3 Å². The van der Waals surface area contributed by atoms with E-state index in [1.807, 2.05) is 35.0 Å². The molecule has 10 heteroatoms. The zero-order chi connectivity index (χ0) is 23.4. The minimum atomic E-state index is -0.993. The molecular formula is C23H22FN5O4. The van der Waals surface area contributed by atoms with Crippen molar-refractivity contribution in [2.45, 2.75) is 19.8 Å². The molecule has 9 nitrogen and oxygen atoms in total. The molecule has 0 amide bonds. The van der Waals surface area contributed by atoms with E-state index in [4.69, 9.17) is 9.47 Å². The first-order valence-electron chi connectivity index (χ1n) is 10.4. The highest BCUT2D eigenvalue weighted by Crippen LogP contribution is 2.33. The Labute approximate surface area is 189 Å². The van der Waals surface area contributed by atoms with Crippen LogP contribution in [0, 0.1) is 15.9 Å². The third kappa shape index (κ3) is 4.54. The summed E-state index contributed by atoms with van der Waals surface area (Å²) in [6.07, 6.45) is 5.47.